The standard InChI is InChI=1S/C19H28N2O2/c22-13-5-12-20-11-4-9-19(15-20)10-8-18(23)21(16-19)14-17-6-2-1-3-7-17/h1-3,6-7,22H,4-5,8-16H2/t19-/m1/s1. The molecule has 1 N–H and O–H groups in total. The van der Waals surface area contributed by atoms with Gasteiger partial charge in [0.15, 0.2) is 0 Å². The Hall–Kier alpha value is -1.39. The minimum absolute atomic E-state index is 0.260. The summed E-state index contributed by atoms with van der Waals surface area (Å²) in [5.41, 5.74) is 1.47. The molecule has 23 heavy (non-hydrogen) atoms. The predicted octanol–water partition coefficient (Wildman–Crippen LogP) is 2.27. The van der Waals surface area contributed by atoms with Crippen LogP contribution in [-0.4, -0.2) is 53.6 Å². The molecular weight excluding hydrogens is 288 g/mol. The highest BCUT2D eigenvalue weighted by Crippen LogP contribution is 2.39. The highest BCUT2D eigenvalue weighted by molar-refractivity contribution is 5.77. The zero-order chi connectivity index (χ0) is 16.1. The van der Waals surface area contributed by atoms with E-state index in [-0.39, 0.29) is 12.0 Å². The lowest BCUT2D eigenvalue weighted by Gasteiger charge is -2.48. The van der Waals surface area contributed by atoms with E-state index in [1.807, 2.05) is 18.2 Å². The van der Waals surface area contributed by atoms with Gasteiger partial charge in [-0.1, -0.05) is 30.3 Å². The van der Waals surface area contributed by atoms with Gasteiger partial charge in [0.25, 0.3) is 0 Å². The van der Waals surface area contributed by atoms with Crippen molar-refractivity contribution in [3.8, 4) is 0 Å². The molecule has 0 unspecified atom stereocenters. The second kappa shape index (κ2) is 7.45. The molecule has 0 bridgehead atoms. The molecule has 0 radical (unpaired) electrons. The number of carbonyl (C=O) groups is 1. The van der Waals surface area contributed by atoms with E-state index in [1.165, 1.54) is 18.4 Å². The van der Waals surface area contributed by atoms with E-state index in [9.17, 15) is 4.79 Å². The zero-order valence-electron chi connectivity index (χ0n) is 13.9. The van der Waals surface area contributed by atoms with Crippen LogP contribution in [0.25, 0.3) is 0 Å². The number of benzene rings is 1. The molecule has 0 aromatic heterocycles. The van der Waals surface area contributed by atoms with Crippen LogP contribution in [0.1, 0.15) is 37.7 Å². The number of nitrogens with zero attached hydrogens (tertiary/aromatic N) is 2. The van der Waals surface area contributed by atoms with Gasteiger partial charge in [-0.2, -0.15) is 0 Å². The molecule has 126 valence electrons. The van der Waals surface area contributed by atoms with Crippen LogP contribution < -0.4 is 0 Å². The van der Waals surface area contributed by atoms with Crippen molar-refractivity contribution in [3.05, 3.63) is 35.9 Å². The lowest BCUT2D eigenvalue weighted by Crippen LogP contribution is -2.53. The Morgan fingerprint density at radius 2 is 1.96 bits per heavy atom. The van der Waals surface area contributed by atoms with Crippen LogP contribution in [0.15, 0.2) is 30.3 Å². The number of rotatable bonds is 5. The lowest BCUT2D eigenvalue weighted by molar-refractivity contribution is -0.140. The van der Waals surface area contributed by atoms with Gasteiger partial charge in [-0.05, 0) is 37.8 Å². The van der Waals surface area contributed by atoms with Crippen LogP contribution in [0.4, 0.5) is 0 Å². The fourth-order valence-electron chi connectivity index (χ4n) is 4.18. The number of likely N-dealkylation sites (tertiary alicyclic amines) is 2. The fourth-order valence-corrected chi connectivity index (χ4v) is 4.18. The molecular formula is C19H28N2O2. The van der Waals surface area contributed by atoms with Crippen LogP contribution in [-0.2, 0) is 11.3 Å². The first-order chi connectivity index (χ1) is 11.2. The van der Waals surface area contributed by atoms with Gasteiger partial charge in [0.05, 0.1) is 0 Å². The highest BCUT2D eigenvalue weighted by atomic mass is 16.3. The molecule has 2 fully saturated rings. The molecule has 3 rings (SSSR count). The maximum atomic E-state index is 12.4. The largest absolute Gasteiger partial charge is 0.396 e. The number of hydrogen-bond acceptors (Lipinski definition) is 3. The van der Waals surface area contributed by atoms with Crippen molar-refractivity contribution in [1.82, 2.24) is 9.80 Å². The second-order valence-corrected chi connectivity index (χ2v) is 7.19. The summed E-state index contributed by atoms with van der Waals surface area (Å²) in [6, 6.07) is 10.3. The average molecular weight is 316 g/mol. The molecule has 2 saturated heterocycles. The SMILES string of the molecule is O=C1CC[C@@]2(CCCN(CCCO)C2)CN1Cc1ccccc1. The van der Waals surface area contributed by atoms with Gasteiger partial charge in [0, 0.05) is 44.6 Å². The molecule has 1 amide bonds. The third kappa shape index (κ3) is 4.12. The summed E-state index contributed by atoms with van der Waals surface area (Å²) < 4.78 is 0. The van der Waals surface area contributed by atoms with E-state index < -0.39 is 0 Å². The first-order valence-electron chi connectivity index (χ1n) is 8.86. The number of hydrogen-bond donors (Lipinski definition) is 1. The monoisotopic (exact) mass is 316 g/mol. The molecule has 2 aliphatic rings. The first-order valence-corrected chi connectivity index (χ1v) is 8.86. The molecule has 1 aromatic rings. The Morgan fingerprint density at radius 1 is 1.13 bits per heavy atom. The van der Waals surface area contributed by atoms with E-state index in [4.69, 9.17) is 5.11 Å². The molecule has 4 nitrogen and oxygen atoms in total. The molecule has 0 saturated carbocycles. The summed E-state index contributed by atoms with van der Waals surface area (Å²) in [4.78, 5) is 16.9. The summed E-state index contributed by atoms with van der Waals surface area (Å²) in [6.07, 6.45) is 4.98. The third-order valence-electron chi connectivity index (χ3n) is 5.34. The van der Waals surface area contributed by atoms with Crippen LogP contribution in [0.3, 0.4) is 0 Å². The van der Waals surface area contributed by atoms with Crippen molar-refractivity contribution in [2.75, 3.05) is 32.8 Å². The molecule has 0 aliphatic carbocycles. The maximum Gasteiger partial charge on any atom is 0.222 e. The Kier molecular flexibility index (Phi) is 5.34. The van der Waals surface area contributed by atoms with E-state index in [2.05, 4.69) is 21.9 Å². The predicted molar refractivity (Wildman–Crippen MR) is 90.9 cm³/mol. The summed E-state index contributed by atoms with van der Waals surface area (Å²) >= 11 is 0. The Balaban J connectivity index is 1.65. The Bertz CT molecular complexity index is 519. The van der Waals surface area contributed by atoms with Crippen LogP contribution >= 0.6 is 0 Å². The van der Waals surface area contributed by atoms with Gasteiger partial charge in [-0.3, -0.25) is 4.79 Å². The van der Waals surface area contributed by atoms with Gasteiger partial charge >= 0.3 is 0 Å². The molecule has 1 atom stereocenters. The molecule has 1 spiro atoms. The van der Waals surface area contributed by atoms with Crippen molar-refractivity contribution in [1.29, 1.82) is 0 Å². The highest BCUT2D eigenvalue weighted by Gasteiger charge is 2.41. The third-order valence-corrected chi connectivity index (χ3v) is 5.34. The molecule has 2 aliphatic heterocycles. The number of aliphatic hydroxyl groups is 1. The molecule has 2 heterocycles. The van der Waals surface area contributed by atoms with Gasteiger partial charge in [0.2, 0.25) is 5.91 Å². The van der Waals surface area contributed by atoms with Crippen molar-refractivity contribution in [3.63, 3.8) is 0 Å². The number of aliphatic hydroxyl groups excluding tert-OH is 1. The van der Waals surface area contributed by atoms with Crippen LogP contribution in [0.5, 0.6) is 0 Å². The molecule has 1 aromatic carbocycles. The van der Waals surface area contributed by atoms with Gasteiger partial charge in [-0.25, -0.2) is 0 Å². The topological polar surface area (TPSA) is 43.8 Å². The summed E-state index contributed by atoms with van der Waals surface area (Å²) in [5.74, 6) is 0.298. The summed E-state index contributed by atoms with van der Waals surface area (Å²) in [7, 11) is 0. The van der Waals surface area contributed by atoms with E-state index >= 15 is 0 Å². The fraction of sp³-hybridized carbons (Fsp3) is 0.632. The van der Waals surface area contributed by atoms with Crippen molar-refractivity contribution >= 4 is 5.91 Å². The average Bonchev–Trinajstić information content (AvgIpc) is 2.58. The van der Waals surface area contributed by atoms with E-state index in [1.54, 1.807) is 0 Å². The number of amides is 1. The van der Waals surface area contributed by atoms with E-state index in [0.29, 0.717) is 12.3 Å². The quantitative estimate of drug-likeness (QED) is 0.906. The van der Waals surface area contributed by atoms with Crippen molar-refractivity contribution in [2.45, 2.75) is 38.6 Å². The van der Waals surface area contributed by atoms with Crippen molar-refractivity contribution < 1.29 is 9.90 Å². The smallest absolute Gasteiger partial charge is 0.222 e. The maximum absolute atomic E-state index is 12.4. The van der Waals surface area contributed by atoms with Crippen molar-refractivity contribution in [2.24, 2.45) is 5.41 Å². The first kappa shape index (κ1) is 16.5. The number of piperidine rings is 2. The summed E-state index contributed by atoms with van der Waals surface area (Å²) in [5, 5.41) is 9.06. The van der Waals surface area contributed by atoms with Crippen LogP contribution in [0, 0.1) is 5.41 Å². The minimum Gasteiger partial charge on any atom is -0.396 e. The minimum atomic E-state index is 0.260. The summed E-state index contributed by atoms with van der Waals surface area (Å²) in [6.45, 7) is 5.07. The molecule has 4 heteroatoms. The Morgan fingerprint density at radius 3 is 2.74 bits per heavy atom. The van der Waals surface area contributed by atoms with Gasteiger partial charge in [0.1, 0.15) is 0 Å². The Labute approximate surface area is 139 Å². The number of carbonyl (C=O) groups excluding carboxylic acids is 1. The normalized spacial score (nSPS) is 26.0. The lowest BCUT2D eigenvalue weighted by atomic mass is 9.73. The van der Waals surface area contributed by atoms with E-state index in [0.717, 1.165) is 45.6 Å². The van der Waals surface area contributed by atoms with Gasteiger partial charge in [-0.15, -0.1) is 0 Å². The second-order valence-electron chi connectivity index (χ2n) is 7.19. The zero-order valence-corrected chi connectivity index (χ0v) is 13.9. The van der Waals surface area contributed by atoms with Gasteiger partial charge < -0.3 is 14.9 Å². The van der Waals surface area contributed by atoms with Crippen LogP contribution in [0.2, 0.25) is 0 Å².